The average molecular weight is 476 g/mol. The van der Waals surface area contributed by atoms with Gasteiger partial charge in [-0.2, -0.15) is 5.10 Å². The lowest BCUT2D eigenvalue weighted by Crippen LogP contribution is -2.41. The molecular weight excluding hydrogens is 450 g/mol. The van der Waals surface area contributed by atoms with E-state index < -0.39 is 6.04 Å². The predicted octanol–water partition coefficient (Wildman–Crippen LogP) is 1.00. The molecule has 2 fully saturated rings. The number of carbonyl (C=O) groups excluding carboxylic acids is 3. The molecule has 0 saturated carbocycles. The lowest BCUT2D eigenvalue weighted by molar-refractivity contribution is -0.130. The number of morpholine rings is 1. The highest BCUT2D eigenvalue weighted by atomic mass is 16.5. The molecule has 180 valence electrons. The Kier molecular flexibility index (Phi) is 5.14. The molecule has 0 radical (unpaired) electrons. The molecule has 3 aliphatic rings. The molecule has 1 atom stereocenters. The van der Waals surface area contributed by atoms with Gasteiger partial charge in [0.25, 0.3) is 11.8 Å². The topological polar surface area (TPSA) is 112 Å². The van der Waals surface area contributed by atoms with Gasteiger partial charge in [0.1, 0.15) is 11.6 Å². The first kappa shape index (κ1) is 21.5. The zero-order valence-corrected chi connectivity index (χ0v) is 19.3. The molecule has 3 aliphatic heterocycles. The molecule has 0 bridgehead atoms. The summed E-state index contributed by atoms with van der Waals surface area (Å²) in [4.78, 5) is 48.9. The zero-order valence-electron chi connectivity index (χ0n) is 19.3. The van der Waals surface area contributed by atoms with E-state index >= 15 is 0 Å². The van der Waals surface area contributed by atoms with E-state index in [1.807, 2.05) is 12.1 Å². The number of amides is 3. The third-order valence-electron chi connectivity index (χ3n) is 6.95. The fourth-order valence-electron chi connectivity index (χ4n) is 5.06. The van der Waals surface area contributed by atoms with Crippen molar-refractivity contribution in [1.82, 2.24) is 24.4 Å². The smallest absolute Gasteiger partial charge is 0.261 e. The van der Waals surface area contributed by atoms with Gasteiger partial charge in [0, 0.05) is 51.2 Å². The molecular formula is C24H25N7O4. The molecule has 5 heterocycles. The van der Waals surface area contributed by atoms with Crippen LogP contribution in [0.2, 0.25) is 0 Å². The first-order chi connectivity index (χ1) is 17.0. The maximum atomic E-state index is 13.3. The minimum Gasteiger partial charge on any atom is -0.378 e. The van der Waals surface area contributed by atoms with Crippen molar-refractivity contribution in [1.29, 1.82) is 0 Å². The summed E-state index contributed by atoms with van der Waals surface area (Å²) < 4.78 is 7.05. The van der Waals surface area contributed by atoms with Crippen molar-refractivity contribution in [3.63, 3.8) is 0 Å². The highest BCUT2D eigenvalue weighted by Gasteiger charge is 2.41. The lowest BCUT2D eigenvalue weighted by Gasteiger charge is -2.31. The number of likely N-dealkylation sites (N-methyl/N-ethyl adjacent to an activating group) is 1. The van der Waals surface area contributed by atoms with Crippen molar-refractivity contribution >= 4 is 34.7 Å². The number of rotatable bonds is 4. The van der Waals surface area contributed by atoms with Crippen LogP contribution in [0, 0.1) is 0 Å². The van der Waals surface area contributed by atoms with Gasteiger partial charge in [-0.3, -0.25) is 14.4 Å². The van der Waals surface area contributed by atoms with Crippen LogP contribution in [-0.2, 0) is 16.1 Å². The van der Waals surface area contributed by atoms with Crippen LogP contribution in [0.25, 0.3) is 5.65 Å². The molecule has 35 heavy (non-hydrogen) atoms. The van der Waals surface area contributed by atoms with Crippen LogP contribution in [0.3, 0.4) is 0 Å². The quantitative estimate of drug-likeness (QED) is 0.599. The number of hydrogen-bond acceptors (Lipinski definition) is 7. The number of aromatic nitrogens is 3. The van der Waals surface area contributed by atoms with Gasteiger partial charge in [0.2, 0.25) is 5.91 Å². The maximum absolute atomic E-state index is 13.3. The molecule has 3 amide bonds. The molecule has 1 aromatic carbocycles. The van der Waals surface area contributed by atoms with Gasteiger partial charge < -0.3 is 24.8 Å². The number of fused-ring (bicyclic) bond motifs is 2. The Morgan fingerprint density at radius 1 is 1.17 bits per heavy atom. The fourth-order valence-corrected chi connectivity index (χ4v) is 5.06. The molecule has 0 unspecified atom stereocenters. The van der Waals surface area contributed by atoms with Gasteiger partial charge >= 0.3 is 0 Å². The molecule has 0 spiro atoms. The highest BCUT2D eigenvalue weighted by molar-refractivity contribution is 6.10. The van der Waals surface area contributed by atoms with Crippen molar-refractivity contribution < 1.29 is 19.1 Å². The zero-order chi connectivity index (χ0) is 24.1. The second-order valence-electron chi connectivity index (χ2n) is 9.02. The van der Waals surface area contributed by atoms with E-state index in [2.05, 4.69) is 20.3 Å². The summed E-state index contributed by atoms with van der Waals surface area (Å²) in [6.45, 7) is 3.38. The largest absolute Gasteiger partial charge is 0.378 e. The number of benzene rings is 1. The summed E-state index contributed by atoms with van der Waals surface area (Å²) in [5, 5.41) is 7.24. The molecule has 11 heteroatoms. The van der Waals surface area contributed by atoms with Crippen LogP contribution in [-0.4, -0.2) is 88.1 Å². The normalized spacial score (nSPS) is 20.1. The number of hydrogen-bond donors (Lipinski definition) is 1. The number of carbonyl (C=O) groups is 3. The van der Waals surface area contributed by atoms with E-state index in [1.165, 1.54) is 6.20 Å². The minimum atomic E-state index is -0.449. The van der Waals surface area contributed by atoms with Crippen molar-refractivity contribution in [2.24, 2.45) is 0 Å². The number of anilines is 2. The van der Waals surface area contributed by atoms with Gasteiger partial charge in [-0.05, 0) is 30.2 Å². The first-order valence-electron chi connectivity index (χ1n) is 11.7. The maximum Gasteiger partial charge on any atom is 0.261 e. The molecule has 2 aromatic heterocycles. The molecule has 11 nitrogen and oxygen atoms in total. The van der Waals surface area contributed by atoms with Crippen molar-refractivity contribution in [3.05, 3.63) is 53.5 Å². The van der Waals surface area contributed by atoms with Crippen LogP contribution in [0.5, 0.6) is 0 Å². The average Bonchev–Trinajstić information content (AvgIpc) is 3.55. The Bertz CT molecular complexity index is 1350. The van der Waals surface area contributed by atoms with E-state index in [0.717, 1.165) is 11.3 Å². The summed E-state index contributed by atoms with van der Waals surface area (Å²) in [5.74, 6) is -0.511. The lowest BCUT2D eigenvalue weighted by atomic mass is 10.1. The minimum absolute atomic E-state index is 0.0336. The van der Waals surface area contributed by atoms with Crippen molar-refractivity contribution in [2.45, 2.75) is 19.0 Å². The van der Waals surface area contributed by atoms with E-state index in [9.17, 15) is 14.4 Å². The molecule has 6 rings (SSSR count). The summed E-state index contributed by atoms with van der Waals surface area (Å²) in [6.07, 6.45) is 5.46. The first-order valence-corrected chi connectivity index (χ1v) is 11.7. The predicted molar refractivity (Wildman–Crippen MR) is 126 cm³/mol. The third-order valence-corrected chi connectivity index (χ3v) is 6.95. The Balaban J connectivity index is 1.36. The highest BCUT2D eigenvalue weighted by Crippen LogP contribution is 2.37. The summed E-state index contributed by atoms with van der Waals surface area (Å²) in [7, 11) is 1.76. The second kappa shape index (κ2) is 8.35. The Labute approximate surface area is 201 Å². The van der Waals surface area contributed by atoms with Crippen LogP contribution < -0.4 is 10.2 Å². The van der Waals surface area contributed by atoms with Crippen molar-refractivity contribution in [3.8, 4) is 0 Å². The van der Waals surface area contributed by atoms with E-state index in [1.54, 1.807) is 39.8 Å². The number of ether oxygens (including phenoxy) is 1. The van der Waals surface area contributed by atoms with E-state index in [4.69, 9.17) is 4.74 Å². The van der Waals surface area contributed by atoms with Gasteiger partial charge in [-0.25, -0.2) is 9.50 Å². The fraction of sp³-hybridized carbons (Fsp3) is 0.375. The van der Waals surface area contributed by atoms with Gasteiger partial charge in [0.15, 0.2) is 5.65 Å². The van der Waals surface area contributed by atoms with Crippen LogP contribution in [0.15, 0.2) is 36.8 Å². The van der Waals surface area contributed by atoms with Crippen molar-refractivity contribution in [2.75, 3.05) is 50.1 Å². The summed E-state index contributed by atoms with van der Waals surface area (Å²) >= 11 is 0. The van der Waals surface area contributed by atoms with Gasteiger partial charge in [0.05, 0.1) is 30.8 Å². The third kappa shape index (κ3) is 3.59. The number of likely N-dealkylation sites (tertiary alicyclic amines) is 1. The number of nitrogens with zero attached hydrogens (tertiary/aromatic N) is 6. The molecule has 3 aromatic rings. The molecule has 2 saturated heterocycles. The molecule has 1 N–H and O–H groups in total. The Morgan fingerprint density at radius 2 is 2.00 bits per heavy atom. The van der Waals surface area contributed by atoms with Gasteiger partial charge in [-0.15, -0.1) is 0 Å². The summed E-state index contributed by atoms with van der Waals surface area (Å²) in [5.41, 5.74) is 3.55. The molecule has 0 aliphatic carbocycles. The monoisotopic (exact) mass is 475 g/mol. The summed E-state index contributed by atoms with van der Waals surface area (Å²) in [6, 6.07) is 5.00. The number of nitrogens with one attached hydrogen (secondary N) is 1. The standard InChI is InChI=1S/C24H25N7O4/c1-28-6-3-19(24(28)34)30-14-15-11-18(20(12-16(15)23(30)33)29-7-9-35-10-8-29)27-22(32)17-13-26-31-5-2-4-25-21(17)31/h2,4-5,11-13,19H,3,6-10,14H2,1H3,(H,27,32)/t19-/m0/s1. The Hall–Kier alpha value is -3.99. The van der Waals surface area contributed by atoms with E-state index in [-0.39, 0.29) is 17.7 Å². The van der Waals surface area contributed by atoms with E-state index in [0.29, 0.717) is 68.3 Å². The van der Waals surface area contributed by atoms with Crippen LogP contribution >= 0.6 is 0 Å². The SMILES string of the molecule is CN1CC[C@H](N2Cc3cc(NC(=O)c4cnn5cccnc45)c(N4CCOCC4)cc3C2=O)C1=O. The van der Waals surface area contributed by atoms with Crippen LogP contribution in [0.1, 0.15) is 32.7 Å². The van der Waals surface area contributed by atoms with Gasteiger partial charge in [-0.1, -0.05) is 0 Å². The Morgan fingerprint density at radius 3 is 2.77 bits per heavy atom. The van der Waals surface area contributed by atoms with Crippen LogP contribution in [0.4, 0.5) is 11.4 Å². The second-order valence-corrected chi connectivity index (χ2v) is 9.02.